The number of pyridine rings is 1. The minimum absolute atomic E-state index is 0.151. The van der Waals surface area contributed by atoms with Crippen molar-refractivity contribution in [2.45, 2.75) is 20.0 Å². The highest BCUT2D eigenvalue weighted by Crippen LogP contribution is 2.28. The van der Waals surface area contributed by atoms with E-state index in [4.69, 9.17) is 9.47 Å². The number of anilines is 2. The monoisotopic (exact) mass is 417 g/mol. The fourth-order valence-electron chi connectivity index (χ4n) is 3.84. The van der Waals surface area contributed by atoms with E-state index in [1.807, 2.05) is 61.5 Å². The molecule has 1 N–H and O–H groups in total. The zero-order valence-electron chi connectivity index (χ0n) is 18.1. The third-order valence-corrected chi connectivity index (χ3v) is 5.55. The van der Waals surface area contributed by atoms with E-state index in [1.54, 1.807) is 13.3 Å². The highest BCUT2D eigenvalue weighted by atomic mass is 16.5. The Kier molecular flexibility index (Phi) is 6.18. The molecule has 1 fully saturated rings. The van der Waals surface area contributed by atoms with Gasteiger partial charge in [-0.05, 0) is 60.9 Å². The van der Waals surface area contributed by atoms with E-state index in [1.165, 1.54) is 0 Å². The maximum atomic E-state index is 13.0. The zero-order chi connectivity index (χ0) is 21.8. The van der Waals surface area contributed by atoms with Crippen molar-refractivity contribution in [3.8, 4) is 16.9 Å². The first-order valence-corrected chi connectivity index (χ1v) is 10.4. The Bertz CT molecular complexity index is 1050. The molecule has 1 atom stereocenters. The van der Waals surface area contributed by atoms with Crippen LogP contribution in [0.5, 0.6) is 5.75 Å². The first-order valence-electron chi connectivity index (χ1n) is 10.4. The largest absolute Gasteiger partial charge is 0.497 e. The van der Waals surface area contributed by atoms with Gasteiger partial charge in [-0.25, -0.2) is 4.98 Å². The molecule has 0 unspecified atom stereocenters. The van der Waals surface area contributed by atoms with Gasteiger partial charge in [-0.15, -0.1) is 0 Å². The second-order valence-electron chi connectivity index (χ2n) is 7.69. The average molecular weight is 418 g/mol. The van der Waals surface area contributed by atoms with Crippen LogP contribution in [0, 0.1) is 6.92 Å². The molecule has 2 heterocycles. The van der Waals surface area contributed by atoms with Crippen LogP contribution in [0.2, 0.25) is 0 Å². The SMILES string of the molecule is COc1ccc(-c2cccc(C(=O)Nc3ccc(N4CCO[C@H](C)C4)nc3)c2C)cc1. The van der Waals surface area contributed by atoms with Gasteiger partial charge in [0.05, 0.1) is 31.7 Å². The number of morpholine rings is 1. The molecule has 31 heavy (non-hydrogen) atoms. The van der Waals surface area contributed by atoms with Crippen LogP contribution < -0.4 is 15.0 Å². The predicted molar refractivity (Wildman–Crippen MR) is 123 cm³/mol. The van der Waals surface area contributed by atoms with Gasteiger partial charge in [-0.3, -0.25) is 4.79 Å². The normalized spacial score (nSPS) is 16.1. The molecule has 0 radical (unpaired) electrons. The number of hydrogen-bond donors (Lipinski definition) is 1. The van der Waals surface area contributed by atoms with Crippen LogP contribution >= 0.6 is 0 Å². The lowest BCUT2D eigenvalue weighted by Crippen LogP contribution is -2.41. The average Bonchev–Trinajstić information content (AvgIpc) is 2.80. The van der Waals surface area contributed by atoms with E-state index in [-0.39, 0.29) is 12.0 Å². The molecule has 4 rings (SSSR count). The number of hydrogen-bond acceptors (Lipinski definition) is 5. The van der Waals surface area contributed by atoms with E-state index in [9.17, 15) is 4.79 Å². The van der Waals surface area contributed by atoms with E-state index >= 15 is 0 Å². The number of nitrogens with zero attached hydrogens (tertiary/aromatic N) is 2. The molecule has 1 saturated heterocycles. The number of amides is 1. The number of rotatable bonds is 5. The zero-order valence-corrected chi connectivity index (χ0v) is 18.1. The molecule has 1 aliphatic rings. The van der Waals surface area contributed by atoms with Crippen molar-refractivity contribution in [2.75, 3.05) is 37.0 Å². The first-order chi connectivity index (χ1) is 15.0. The summed E-state index contributed by atoms with van der Waals surface area (Å²) in [6.45, 7) is 6.36. The van der Waals surface area contributed by atoms with Gasteiger partial charge < -0.3 is 19.7 Å². The topological polar surface area (TPSA) is 63.7 Å². The lowest BCUT2D eigenvalue weighted by molar-refractivity contribution is 0.0529. The lowest BCUT2D eigenvalue weighted by Gasteiger charge is -2.32. The molecule has 2 aromatic carbocycles. The van der Waals surface area contributed by atoms with Crippen LogP contribution in [-0.2, 0) is 4.74 Å². The summed E-state index contributed by atoms with van der Waals surface area (Å²) in [5.74, 6) is 1.55. The first kappa shape index (κ1) is 20.9. The van der Waals surface area contributed by atoms with Crippen molar-refractivity contribution in [1.82, 2.24) is 4.98 Å². The third-order valence-electron chi connectivity index (χ3n) is 5.55. The minimum Gasteiger partial charge on any atom is -0.497 e. The maximum absolute atomic E-state index is 13.0. The lowest BCUT2D eigenvalue weighted by atomic mass is 9.96. The fraction of sp³-hybridized carbons (Fsp3) is 0.280. The van der Waals surface area contributed by atoms with Crippen molar-refractivity contribution < 1.29 is 14.3 Å². The molecule has 0 saturated carbocycles. The van der Waals surface area contributed by atoms with Crippen LogP contribution in [0.4, 0.5) is 11.5 Å². The summed E-state index contributed by atoms with van der Waals surface area (Å²) in [6, 6.07) is 17.4. The third kappa shape index (κ3) is 4.70. The van der Waals surface area contributed by atoms with E-state index in [0.29, 0.717) is 17.9 Å². The smallest absolute Gasteiger partial charge is 0.255 e. The van der Waals surface area contributed by atoms with Gasteiger partial charge in [-0.2, -0.15) is 0 Å². The summed E-state index contributed by atoms with van der Waals surface area (Å²) >= 11 is 0. The number of methoxy groups -OCH3 is 1. The van der Waals surface area contributed by atoms with Crippen molar-refractivity contribution in [1.29, 1.82) is 0 Å². The highest BCUT2D eigenvalue weighted by Gasteiger charge is 2.18. The van der Waals surface area contributed by atoms with Crippen molar-refractivity contribution in [2.24, 2.45) is 0 Å². The molecule has 0 aliphatic carbocycles. The number of ether oxygens (including phenoxy) is 2. The Morgan fingerprint density at radius 1 is 1.16 bits per heavy atom. The number of aromatic nitrogens is 1. The Balaban J connectivity index is 1.49. The Labute approximate surface area is 182 Å². The van der Waals surface area contributed by atoms with Crippen molar-refractivity contribution in [3.05, 3.63) is 71.9 Å². The molecular formula is C25H27N3O3. The second kappa shape index (κ2) is 9.18. The van der Waals surface area contributed by atoms with Gasteiger partial charge in [0.2, 0.25) is 0 Å². The minimum atomic E-state index is -0.151. The Morgan fingerprint density at radius 2 is 1.97 bits per heavy atom. The Morgan fingerprint density at radius 3 is 2.65 bits per heavy atom. The number of benzene rings is 2. The summed E-state index contributed by atoms with van der Waals surface area (Å²) < 4.78 is 10.8. The van der Waals surface area contributed by atoms with E-state index < -0.39 is 0 Å². The summed E-state index contributed by atoms with van der Waals surface area (Å²) in [5, 5.41) is 2.97. The predicted octanol–water partition coefficient (Wildman–Crippen LogP) is 4.54. The van der Waals surface area contributed by atoms with Crippen LogP contribution in [-0.4, -0.2) is 43.8 Å². The summed E-state index contributed by atoms with van der Waals surface area (Å²) in [6.07, 6.45) is 1.90. The molecule has 0 spiro atoms. The molecule has 3 aromatic rings. The molecular weight excluding hydrogens is 390 g/mol. The van der Waals surface area contributed by atoms with Crippen LogP contribution in [0.15, 0.2) is 60.8 Å². The molecule has 1 amide bonds. The summed E-state index contributed by atoms with van der Waals surface area (Å²) in [4.78, 5) is 19.7. The van der Waals surface area contributed by atoms with Gasteiger partial charge in [0.1, 0.15) is 11.6 Å². The fourth-order valence-corrected chi connectivity index (χ4v) is 3.84. The maximum Gasteiger partial charge on any atom is 0.255 e. The van der Waals surface area contributed by atoms with Crippen LogP contribution in [0.3, 0.4) is 0 Å². The quantitative estimate of drug-likeness (QED) is 0.660. The number of nitrogens with one attached hydrogen (secondary N) is 1. The van der Waals surface area contributed by atoms with Crippen LogP contribution in [0.25, 0.3) is 11.1 Å². The molecule has 6 nitrogen and oxygen atoms in total. The molecule has 160 valence electrons. The van der Waals surface area contributed by atoms with Gasteiger partial charge in [0, 0.05) is 18.7 Å². The Hall–Kier alpha value is -3.38. The second-order valence-corrected chi connectivity index (χ2v) is 7.69. The molecule has 6 heteroatoms. The molecule has 1 aliphatic heterocycles. The summed E-state index contributed by atoms with van der Waals surface area (Å²) in [7, 11) is 1.65. The standard InChI is InChI=1S/C25H27N3O3/c1-17-16-28(13-14-31-17)24-12-9-20(15-26-24)27-25(29)23-6-4-5-22(18(23)2)19-7-10-21(30-3)11-8-19/h4-12,15,17H,13-14,16H2,1-3H3,(H,27,29)/t17-/m1/s1. The van der Waals surface area contributed by atoms with Gasteiger partial charge >= 0.3 is 0 Å². The summed E-state index contributed by atoms with van der Waals surface area (Å²) in [5.41, 5.74) is 4.30. The molecule has 0 bridgehead atoms. The number of carbonyl (C=O) groups is 1. The molecule has 1 aromatic heterocycles. The van der Waals surface area contributed by atoms with Crippen molar-refractivity contribution in [3.63, 3.8) is 0 Å². The van der Waals surface area contributed by atoms with Gasteiger partial charge in [0.15, 0.2) is 0 Å². The van der Waals surface area contributed by atoms with Crippen molar-refractivity contribution >= 4 is 17.4 Å². The van der Waals surface area contributed by atoms with Gasteiger partial charge in [-0.1, -0.05) is 24.3 Å². The van der Waals surface area contributed by atoms with Crippen LogP contribution in [0.1, 0.15) is 22.8 Å². The number of carbonyl (C=O) groups excluding carboxylic acids is 1. The highest BCUT2D eigenvalue weighted by molar-refractivity contribution is 6.06. The van der Waals surface area contributed by atoms with E-state index in [0.717, 1.165) is 41.3 Å². The van der Waals surface area contributed by atoms with Gasteiger partial charge in [0.25, 0.3) is 5.91 Å². The van der Waals surface area contributed by atoms with E-state index in [2.05, 4.69) is 22.1 Å².